The van der Waals surface area contributed by atoms with Gasteiger partial charge in [-0.25, -0.2) is 4.79 Å². The summed E-state index contributed by atoms with van der Waals surface area (Å²) in [6.07, 6.45) is 2.41. The van der Waals surface area contributed by atoms with Crippen LogP contribution in [0.15, 0.2) is 74.0 Å². The molecule has 0 aliphatic rings. The second-order valence-corrected chi connectivity index (χ2v) is 9.24. The van der Waals surface area contributed by atoms with Gasteiger partial charge in [0.25, 0.3) is 0 Å². The minimum atomic E-state index is -0.470. The van der Waals surface area contributed by atoms with E-state index in [0.717, 1.165) is 12.8 Å². The number of unbranched alkanes of at least 4 members (excludes halogenated alkanes) is 1. The number of rotatable bonds is 7. The van der Waals surface area contributed by atoms with Crippen LogP contribution in [0.4, 0.5) is 0 Å². The smallest absolute Gasteiger partial charge is 0.343 e. The number of benzene rings is 3. The molecular formula is C26H20Br2O5. The van der Waals surface area contributed by atoms with Gasteiger partial charge in [0.1, 0.15) is 22.8 Å². The van der Waals surface area contributed by atoms with Gasteiger partial charge in [-0.2, -0.15) is 0 Å². The largest absolute Gasteiger partial charge is 0.506 e. The molecule has 1 heterocycles. The number of halogens is 2. The van der Waals surface area contributed by atoms with Crippen molar-refractivity contribution in [3.8, 4) is 11.5 Å². The van der Waals surface area contributed by atoms with E-state index in [4.69, 9.17) is 9.15 Å². The highest BCUT2D eigenvalue weighted by molar-refractivity contribution is 9.11. The molecule has 7 heteroatoms. The number of hydrogen-bond acceptors (Lipinski definition) is 5. The van der Waals surface area contributed by atoms with Crippen LogP contribution in [0.3, 0.4) is 0 Å². The second-order valence-electron chi connectivity index (χ2n) is 7.53. The molecule has 0 saturated heterocycles. The predicted octanol–water partition coefficient (Wildman–Crippen LogP) is 7.46. The number of ether oxygens (including phenoxy) is 1. The Balaban J connectivity index is 1.74. The molecule has 1 aromatic heterocycles. The summed E-state index contributed by atoms with van der Waals surface area (Å²) in [5.41, 5.74) is 1.80. The third-order valence-corrected chi connectivity index (χ3v) is 6.43. The molecule has 0 bridgehead atoms. The van der Waals surface area contributed by atoms with E-state index in [1.807, 2.05) is 6.07 Å². The molecule has 4 rings (SSSR count). The normalized spacial score (nSPS) is 11.0. The van der Waals surface area contributed by atoms with Crippen LogP contribution in [0.5, 0.6) is 11.5 Å². The summed E-state index contributed by atoms with van der Waals surface area (Å²) in [5.74, 6) is 0.266. The highest BCUT2D eigenvalue weighted by Crippen LogP contribution is 2.36. The summed E-state index contributed by atoms with van der Waals surface area (Å²) >= 11 is 6.57. The van der Waals surface area contributed by atoms with Crippen LogP contribution in [0.1, 0.15) is 51.8 Å². The molecule has 3 aromatic carbocycles. The first-order valence-corrected chi connectivity index (χ1v) is 12.0. The molecule has 5 nitrogen and oxygen atoms in total. The van der Waals surface area contributed by atoms with Gasteiger partial charge < -0.3 is 14.3 Å². The van der Waals surface area contributed by atoms with E-state index in [9.17, 15) is 14.7 Å². The number of fused-ring (bicyclic) bond motifs is 1. The summed E-state index contributed by atoms with van der Waals surface area (Å²) < 4.78 is 12.4. The zero-order chi connectivity index (χ0) is 23.5. The van der Waals surface area contributed by atoms with Crippen molar-refractivity contribution in [2.24, 2.45) is 0 Å². The number of furan rings is 1. The number of esters is 1. The molecule has 1 N–H and O–H groups in total. The lowest BCUT2D eigenvalue weighted by molar-refractivity contribution is 0.0734. The van der Waals surface area contributed by atoms with Gasteiger partial charge in [-0.15, -0.1) is 0 Å². The third-order valence-electron chi connectivity index (χ3n) is 5.22. The average Bonchev–Trinajstić information content (AvgIpc) is 3.18. The topological polar surface area (TPSA) is 76.7 Å². The molecule has 168 valence electrons. The minimum Gasteiger partial charge on any atom is -0.506 e. The fourth-order valence-electron chi connectivity index (χ4n) is 3.53. The minimum absolute atomic E-state index is 0.0275. The van der Waals surface area contributed by atoms with Crippen molar-refractivity contribution in [2.45, 2.75) is 26.2 Å². The maximum atomic E-state index is 13.5. The molecule has 0 unspecified atom stereocenters. The van der Waals surface area contributed by atoms with Gasteiger partial charge in [0.15, 0.2) is 5.78 Å². The number of hydrogen-bond donors (Lipinski definition) is 1. The molecule has 33 heavy (non-hydrogen) atoms. The fraction of sp³-hybridized carbons (Fsp3) is 0.154. The second kappa shape index (κ2) is 9.93. The Kier molecular flexibility index (Phi) is 7.00. The van der Waals surface area contributed by atoms with Gasteiger partial charge in [0, 0.05) is 23.4 Å². The maximum absolute atomic E-state index is 13.5. The number of carbonyl (C=O) groups excluding carboxylic acids is 2. The van der Waals surface area contributed by atoms with Gasteiger partial charge in [-0.05, 0) is 74.7 Å². The van der Waals surface area contributed by atoms with Crippen LogP contribution in [0.2, 0.25) is 0 Å². The Morgan fingerprint density at radius 2 is 1.67 bits per heavy atom. The summed E-state index contributed by atoms with van der Waals surface area (Å²) in [5, 5.41) is 10.6. The van der Waals surface area contributed by atoms with Crippen LogP contribution in [0, 0.1) is 0 Å². The monoisotopic (exact) mass is 570 g/mol. The number of aromatic hydroxyl groups is 1. The van der Waals surface area contributed by atoms with Crippen molar-refractivity contribution in [1.82, 2.24) is 0 Å². The lowest BCUT2D eigenvalue weighted by Gasteiger charge is -2.07. The van der Waals surface area contributed by atoms with Gasteiger partial charge in [0.05, 0.1) is 20.1 Å². The molecule has 4 aromatic rings. The molecule has 0 aliphatic carbocycles. The van der Waals surface area contributed by atoms with Gasteiger partial charge in [-0.1, -0.05) is 31.5 Å². The van der Waals surface area contributed by atoms with E-state index < -0.39 is 5.97 Å². The fourth-order valence-corrected chi connectivity index (χ4v) is 4.72. The Labute approximate surface area is 207 Å². The first-order chi connectivity index (χ1) is 15.9. The lowest BCUT2D eigenvalue weighted by Crippen LogP contribution is -2.08. The number of carbonyl (C=O) groups is 2. The summed E-state index contributed by atoms with van der Waals surface area (Å²) in [7, 11) is 0. The molecule has 0 aliphatic heterocycles. The number of phenolic OH excluding ortho intramolecular Hbond substituents is 1. The van der Waals surface area contributed by atoms with Crippen molar-refractivity contribution >= 4 is 54.6 Å². The average molecular weight is 572 g/mol. The molecule has 0 fully saturated rings. The Morgan fingerprint density at radius 1 is 0.970 bits per heavy atom. The first-order valence-electron chi connectivity index (χ1n) is 10.4. The van der Waals surface area contributed by atoms with Crippen LogP contribution >= 0.6 is 31.9 Å². The summed E-state index contributed by atoms with van der Waals surface area (Å²) in [6, 6.07) is 16.9. The Bertz CT molecular complexity index is 1320. The summed E-state index contributed by atoms with van der Waals surface area (Å²) in [4.78, 5) is 25.9. The van der Waals surface area contributed by atoms with Crippen LogP contribution < -0.4 is 4.74 Å². The highest BCUT2D eigenvalue weighted by Gasteiger charge is 2.24. The van der Waals surface area contributed by atoms with Gasteiger partial charge in [0.2, 0.25) is 0 Å². The third kappa shape index (κ3) is 4.89. The predicted molar refractivity (Wildman–Crippen MR) is 133 cm³/mol. The number of phenols is 1. The zero-order valence-corrected chi connectivity index (χ0v) is 20.9. The molecular weight excluding hydrogens is 552 g/mol. The SMILES string of the molecule is CCCCc1oc2cc(OC(=O)c3ccccc3)ccc2c1C(=O)c1cc(Br)c(O)c(Br)c1. The lowest BCUT2D eigenvalue weighted by atomic mass is 9.98. The van der Waals surface area contributed by atoms with E-state index in [2.05, 4.69) is 38.8 Å². The molecule has 0 amide bonds. The van der Waals surface area contributed by atoms with Gasteiger partial charge >= 0.3 is 5.97 Å². The zero-order valence-electron chi connectivity index (χ0n) is 17.7. The first kappa shape index (κ1) is 23.3. The quantitative estimate of drug-likeness (QED) is 0.141. The van der Waals surface area contributed by atoms with E-state index in [-0.39, 0.29) is 11.5 Å². The number of ketones is 1. The maximum Gasteiger partial charge on any atom is 0.343 e. The van der Waals surface area contributed by atoms with Crippen LogP contribution in [0.25, 0.3) is 11.0 Å². The molecule has 0 saturated carbocycles. The Morgan fingerprint density at radius 3 is 2.33 bits per heavy atom. The van der Waals surface area contributed by atoms with Gasteiger partial charge in [-0.3, -0.25) is 4.79 Å². The molecule has 0 spiro atoms. The van der Waals surface area contributed by atoms with E-state index in [1.165, 1.54) is 0 Å². The molecule has 0 radical (unpaired) electrons. The van der Waals surface area contributed by atoms with Crippen molar-refractivity contribution in [1.29, 1.82) is 0 Å². The van der Waals surface area contributed by atoms with Crippen molar-refractivity contribution in [2.75, 3.05) is 0 Å². The number of aryl methyl sites for hydroxylation is 1. The van der Waals surface area contributed by atoms with Crippen molar-refractivity contribution in [3.05, 3.63) is 92.1 Å². The van der Waals surface area contributed by atoms with E-state index in [0.29, 0.717) is 54.5 Å². The Hall–Kier alpha value is -2.90. The van der Waals surface area contributed by atoms with E-state index in [1.54, 1.807) is 54.6 Å². The van der Waals surface area contributed by atoms with Crippen LogP contribution in [-0.4, -0.2) is 16.9 Å². The molecule has 0 atom stereocenters. The standard InChI is InChI=1S/C26H20Br2O5/c1-2-3-9-21-23(24(29)16-12-19(27)25(30)20(28)13-16)18-11-10-17(14-22(18)33-21)32-26(31)15-7-5-4-6-8-15/h4-8,10-14,30H,2-3,9H2,1H3. The van der Waals surface area contributed by atoms with E-state index >= 15 is 0 Å². The highest BCUT2D eigenvalue weighted by atomic mass is 79.9. The summed E-state index contributed by atoms with van der Waals surface area (Å²) in [6.45, 7) is 2.07. The van der Waals surface area contributed by atoms with Crippen molar-refractivity contribution < 1.29 is 23.8 Å². The van der Waals surface area contributed by atoms with Crippen molar-refractivity contribution in [3.63, 3.8) is 0 Å². The van der Waals surface area contributed by atoms with Crippen LogP contribution in [-0.2, 0) is 6.42 Å².